The molecular weight excluding hydrogens is 336 g/mol. The normalized spacial score (nSPS) is 9.81. The molecular formula is C15H19BrN2O3. The van der Waals surface area contributed by atoms with Crippen molar-refractivity contribution in [3.63, 3.8) is 0 Å². The van der Waals surface area contributed by atoms with E-state index >= 15 is 0 Å². The number of hydrogen-bond acceptors (Lipinski definition) is 4. The number of nitriles is 1. The molecule has 0 atom stereocenters. The molecule has 1 aromatic carbocycles. The van der Waals surface area contributed by atoms with Gasteiger partial charge in [0.2, 0.25) is 0 Å². The minimum absolute atomic E-state index is 0.0890. The van der Waals surface area contributed by atoms with Crippen molar-refractivity contribution < 1.29 is 14.3 Å². The van der Waals surface area contributed by atoms with E-state index in [1.165, 1.54) is 0 Å². The zero-order chi connectivity index (χ0) is 15.7. The van der Waals surface area contributed by atoms with Gasteiger partial charge in [-0.1, -0.05) is 13.3 Å². The highest BCUT2D eigenvalue weighted by Gasteiger charge is 2.13. The average Bonchev–Trinajstić information content (AvgIpc) is 2.46. The van der Waals surface area contributed by atoms with Crippen LogP contribution in [0.1, 0.15) is 32.3 Å². The molecule has 5 nitrogen and oxygen atoms in total. The van der Waals surface area contributed by atoms with E-state index < -0.39 is 0 Å². The summed E-state index contributed by atoms with van der Waals surface area (Å²) in [6.45, 7) is 4.90. The van der Waals surface area contributed by atoms with Crippen LogP contribution in [-0.4, -0.2) is 25.7 Å². The van der Waals surface area contributed by atoms with Crippen LogP contribution in [0.3, 0.4) is 0 Å². The first-order chi connectivity index (χ1) is 10.1. The first kappa shape index (κ1) is 17.3. The van der Waals surface area contributed by atoms with Crippen molar-refractivity contribution in [1.29, 1.82) is 5.26 Å². The second kappa shape index (κ2) is 9.24. The average molecular weight is 355 g/mol. The molecule has 0 bridgehead atoms. The number of nitrogens with one attached hydrogen (secondary N) is 1. The van der Waals surface area contributed by atoms with E-state index in [1.807, 2.05) is 13.0 Å². The summed E-state index contributed by atoms with van der Waals surface area (Å²) in [7, 11) is 0. The van der Waals surface area contributed by atoms with Crippen LogP contribution in [-0.2, 0) is 4.79 Å². The molecule has 0 aliphatic heterocycles. The molecule has 114 valence electrons. The number of carbonyl (C=O) groups excluding carboxylic acids is 1. The maximum Gasteiger partial charge on any atom is 0.257 e. The quantitative estimate of drug-likeness (QED) is 0.728. The van der Waals surface area contributed by atoms with Gasteiger partial charge in [0.25, 0.3) is 5.91 Å². The van der Waals surface area contributed by atoms with E-state index in [1.54, 1.807) is 12.1 Å². The second-order valence-electron chi connectivity index (χ2n) is 4.32. The van der Waals surface area contributed by atoms with Gasteiger partial charge in [-0.25, -0.2) is 0 Å². The van der Waals surface area contributed by atoms with Crippen molar-refractivity contribution in [1.82, 2.24) is 5.32 Å². The lowest BCUT2D eigenvalue weighted by Gasteiger charge is -2.14. The van der Waals surface area contributed by atoms with Crippen LogP contribution < -0.4 is 14.8 Å². The number of unbranched alkanes of at least 4 members (excludes halogenated alkanes) is 1. The third kappa shape index (κ3) is 5.64. The highest BCUT2D eigenvalue weighted by molar-refractivity contribution is 9.10. The van der Waals surface area contributed by atoms with Gasteiger partial charge in [0.05, 0.1) is 22.7 Å². The first-order valence-corrected chi connectivity index (χ1v) is 7.67. The Morgan fingerprint density at radius 2 is 2.14 bits per heavy atom. The first-order valence-electron chi connectivity index (χ1n) is 6.88. The molecule has 1 rings (SSSR count). The molecule has 0 aliphatic rings. The largest absolute Gasteiger partial charge is 0.490 e. The maximum absolute atomic E-state index is 11.7. The Morgan fingerprint density at radius 3 is 2.76 bits per heavy atom. The van der Waals surface area contributed by atoms with Crippen LogP contribution in [0, 0.1) is 11.3 Å². The Bertz CT molecular complexity index is 526. The van der Waals surface area contributed by atoms with E-state index in [9.17, 15) is 4.79 Å². The summed E-state index contributed by atoms with van der Waals surface area (Å²) in [6.07, 6.45) is 1.97. The van der Waals surface area contributed by atoms with Gasteiger partial charge < -0.3 is 14.8 Å². The van der Waals surface area contributed by atoms with Gasteiger partial charge in [0, 0.05) is 12.6 Å². The third-order valence-corrected chi connectivity index (χ3v) is 3.23. The predicted molar refractivity (Wildman–Crippen MR) is 83.4 cm³/mol. The topological polar surface area (TPSA) is 71.3 Å². The summed E-state index contributed by atoms with van der Waals surface area (Å²) < 4.78 is 11.6. The number of amides is 1. The number of ether oxygens (including phenoxy) is 2. The predicted octanol–water partition coefficient (Wildman–Crippen LogP) is 3.01. The molecule has 21 heavy (non-hydrogen) atoms. The van der Waals surface area contributed by atoms with E-state index in [-0.39, 0.29) is 12.5 Å². The van der Waals surface area contributed by atoms with Crippen molar-refractivity contribution in [3.8, 4) is 17.6 Å². The van der Waals surface area contributed by atoms with Crippen molar-refractivity contribution in [2.45, 2.75) is 26.7 Å². The van der Waals surface area contributed by atoms with Gasteiger partial charge in [-0.2, -0.15) is 5.26 Å². The zero-order valence-corrected chi connectivity index (χ0v) is 13.8. The number of carbonyl (C=O) groups is 1. The summed E-state index contributed by atoms with van der Waals surface area (Å²) in [6, 6.07) is 5.28. The van der Waals surface area contributed by atoms with E-state index in [2.05, 4.69) is 28.2 Å². The lowest BCUT2D eigenvalue weighted by atomic mass is 10.2. The van der Waals surface area contributed by atoms with Crippen LogP contribution in [0.5, 0.6) is 11.5 Å². The smallest absolute Gasteiger partial charge is 0.257 e. The minimum Gasteiger partial charge on any atom is -0.490 e. The van der Waals surface area contributed by atoms with Crippen LogP contribution in [0.2, 0.25) is 0 Å². The van der Waals surface area contributed by atoms with Gasteiger partial charge in [0.1, 0.15) is 0 Å². The summed E-state index contributed by atoms with van der Waals surface area (Å²) in [5, 5.41) is 11.7. The van der Waals surface area contributed by atoms with Crippen molar-refractivity contribution >= 4 is 21.8 Å². The molecule has 0 radical (unpaired) electrons. The molecule has 0 aromatic heterocycles. The SMILES string of the molecule is CCCCNC(=O)COc1c(Br)cc(C#N)cc1OCC. The second-order valence-corrected chi connectivity index (χ2v) is 5.18. The van der Waals surface area contributed by atoms with Crippen LogP contribution in [0.25, 0.3) is 0 Å². The summed E-state index contributed by atoms with van der Waals surface area (Å²) in [5.74, 6) is 0.702. The summed E-state index contributed by atoms with van der Waals surface area (Å²) in [4.78, 5) is 11.7. The Balaban J connectivity index is 2.73. The third-order valence-electron chi connectivity index (χ3n) is 2.64. The Kier molecular flexibility index (Phi) is 7.62. The fraction of sp³-hybridized carbons (Fsp3) is 0.467. The van der Waals surface area contributed by atoms with Gasteiger partial charge in [-0.15, -0.1) is 0 Å². The number of hydrogen-bond donors (Lipinski definition) is 1. The van der Waals surface area contributed by atoms with E-state index in [0.717, 1.165) is 12.8 Å². The monoisotopic (exact) mass is 354 g/mol. The molecule has 0 heterocycles. The molecule has 0 spiro atoms. The molecule has 0 fully saturated rings. The van der Waals surface area contributed by atoms with Gasteiger partial charge in [0.15, 0.2) is 18.1 Å². The summed E-state index contributed by atoms with van der Waals surface area (Å²) in [5.41, 5.74) is 0.463. The van der Waals surface area contributed by atoms with Gasteiger partial charge >= 0.3 is 0 Å². The van der Waals surface area contributed by atoms with E-state index in [4.69, 9.17) is 14.7 Å². The van der Waals surface area contributed by atoms with Crippen LogP contribution >= 0.6 is 15.9 Å². The number of halogens is 1. The minimum atomic E-state index is -0.179. The zero-order valence-electron chi connectivity index (χ0n) is 12.2. The molecule has 0 aliphatic carbocycles. The highest BCUT2D eigenvalue weighted by Crippen LogP contribution is 2.36. The standard InChI is InChI=1S/C15H19BrN2O3/c1-3-5-6-18-14(19)10-21-15-12(16)7-11(9-17)8-13(15)20-4-2/h7-8H,3-6,10H2,1-2H3,(H,18,19). The lowest BCUT2D eigenvalue weighted by Crippen LogP contribution is -2.29. The van der Waals surface area contributed by atoms with Crippen molar-refractivity contribution in [3.05, 3.63) is 22.2 Å². The molecule has 0 unspecified atom stereocenters. The number of nitrogens with zero attached hydrogens (tertiary/aromatic N) is 1. The Morgan fingerprint density at radius 1 is 1.38 bits per heavy atom. The molecule has 1 aromatic rings. The maximum atomic E-state index is 11.7. The van der Waals surface area contributed by atoms with Gasteiger partial charge in [-0.3, -0.25) is 4.79 Å². The van der Waals surface area contributed by atoms with Crippen molar-refractivity contribution in [2.24, 2.45) is 0 Å². The number of benzene rings is 1. The van der Waals surface area contributed by atoms with E-state index in [0.29, 0.717) is 34.7 Å². The van der Waals surface area contributed by atoms with Crippen LogP contribution in [0.15, 0.2) is 16.6 Å². The molecule has 1 amide bonds. The highest BCUT2D eigenvalue weighted by atomic mass is 79.9. The molecule has 0 saturated heterocycles. The number of rotatable bonds is 8. The molecule has 1 N–H and O–H groups in total. The fourth-order valence-corrected chi connectivity index (χ4v) is 2.19. The molecule has 0 saturated carbocycles. The van der Waals surface area contributed by atoms with Crippen LogP contribution in [0.4, 0.5) is 0 Å². The fourth-order valence-electron chi connectivity index (χ4n) is 1.63. The summed E-state index contributed by atoms with van der Waals surface area (Å²) >= 11 is 3.33. The van der Waals surface area contributed by atoms with Crippen molar-refractivity contribution in [2.75, 3.05) is 19.8 Å². The lowest BCUT2D eigenvalue weighted by molar-refractivity contribution is -0.123. The Hall–Kier alpha value is -1.74. The molecule has 6 heteroatoms. The Labute approximate surface area is 133 Å². The van der Waals surface area contributed by atoms with Gasteiger partial charge in [-0.05, 0) is 35.3 Å².